The maximum atomic E-state index is 13.4. The Morgan fingerprint density at radius 3 is 2.57 bits per heavy atom. The minimum absolute atomic E-state index is 0.0285. The van der Waals surface area contributed by atoms with Crippen molar-refractivity contribution in [2.45, 2.75) is 11.8 Å². The van der Waals surface area contributed by atoms with Crippen molar-refractivity contribution in [2.75, 3.05) is 24.5 Å². The van der Waals surface area contributed by atoms with Crippen molar-refractivity contribution < 1.29 is 27.4 Å². The molecule has 0 aliphatic carbocycles. The van der Waals surface area contributed by atoms with Gasteiger partial charge in [0, 0.05) is 17.0 Å². The molecule has 1 N–H and O–H groups in total. The van der Waals surface area contributed by atoms with E-state index in [-0.39, 0.29) is 16.4 Å². The van der Waals surface area contributed by atoms with Crippen LogP contribution in [0.1, 0.15) is 16.6 Å². The number of fused-ring (bicyclic) bond motifs is 1. The lowest BCUT2D eigenvalue weighted by Crippen LogP contribution is -2.18. The highest BCUT2D eigenvalue weighted by atomic mass is 32.2. The molecule has 0 saturated heterocycles. The van der Waals surface area contributed by atoms with Crippen molar-refractivity contribution in [1.29, 1.82) is 0 Å². The van der Waals surface area contributed by atoms with Crippen molar-refractivity contribution in [2.24, 2.45) is 0 Å². The van der Waals surface area contributed by atoms with Gasteiger partial charge in [0.1, 0.15) is 23.0 Å². The van der Waals surface area contributed by atoms with Crippen LogP contribution >= 0.6 is 11.3 Å². The number of carbonyl (C=O) groups excluding carboxylic acids is 1. The van der Waals surface area contributed by atoms with Gasteiger partial charge >= 0.3 is 5.97 Å². The number of sulfonamides is 1. The molecule has 9 heteroatoms. The fourth-order valence-electron chi connectivity index (χ4n) is 3.08. The van der Waals surface area contributed by atoms with Gasteiger partial charge in [-0.05, 0) is 24.6 Å². The molecule has 0 amide bonds. The molecule has 0 spiro atoms. The van der Waals surface area contributed by atoms with Crippen LogP contribution in [0.25, 0.3) is 11.1 Å². The van der Waals surface area contributed by atoms with Gasteiger partial charge in [-0.15, -0.1) is 11.3 Å². The van der Waals surface area contributed by atoms with Crippen LogP contribution in [0.3, 0.4) is 0 Å². The highest BCUT2D eigenvalue weighted by Gasteiger charge is 2.30. The van der Waals surface area contributed by atoms with Crippen LogP contribution in [-0.4, -0.2) is 34.2 Å². The number of esters is 1. The lowest BCUT2D eigenvalue weighted by Gasteiger charge is -2.19. The van der Waals surface area contributed by atoms with Crippen LogP contribution in [0.2, 0.25) is 0 Å². The van der Waals surface area contributed by atoms with Gasteiger partial charge in [0.25, 0.3) is 10.0 Å². The van der Waals surface area contributed by atoms with Gasteiger partial charge in [0.05, 0.1) is 12.3 Å². The number of hydrogen-bond donors (Lipinski definition) is 1. The van der Waals surface area contributed by atoms with E-state index in [9.17, 15) is 13.2 Å². The van der Waals surface area contributed by atoms with Crippen LogP contribution in [0.15, 0.2) is 58.8 Å². The number of thiophene rings is 1. The predicted octanol–water partition coefficient (Wildman–Crippen LogP) is 4.16. The number of nitrogens with one attached hydrogen (secondary N) is 1. The molecule has 0 bridgehead atoms. The summed E-state index contributed by atoms with van der Waals surface area (Å²) in [5.74, 6) is 0.338. The maximum Gasteiger partial charge on any atom is 0.349 e. The fraction of sp³-hybridized carbons (Fsp3) is 0.190. The second-order valence-corrected chi connectivity index (χ2v) is 8.86. The van der Waals surface area contributed by atoms with Gasteiger partial charge in [-0.25, -0.2) is 13.2 Å². The molecule has 1 aliphatic rings. The number of benzene rings is 2. The molecule has 1 aromatic heterocycles. The monoisotopic (exact) mass is 445 g/mol. The van der Waals surface area contributed by atoms with Gasteiger partial charge in [-0.2, -0.15) is 0 Å². The number of rotatable bonds is 6. The molecule has 156 valence electrons. The average Bonchev–Trinajstić information content (AvgIpc) is 3.21. The summed E-state index contributed by atoms with van der Waals surface area (Å²) in [5.41, 5.74) is 1.43. The predicted molar refractivity (Wildman–Crippen MR) is 114 cm³/mol. The van der Waals surface area contributed by atoms with E-state index < -0.39 is 16.0 Å². The third-order valence-corrected chi connectivity index (χ3v) is 6.91. The van der Waals surface area contributed by atoms with Gasteiger partial charge in [0.2, 0.25) is 0 Å². The quantitative estimate of drug-likeness (QED) is 0.573. The molecule has 3 aromatic rings. The molecule has 2 aromatic carbocycles. The zero-order valence-electron chi connectivity index (χ0n) is 16.1. The smallest absolute Gasteiger partial charge is 0.349 e. The Labute approximate surface area is 178 Å². The molecule has 1 aliphatic heterocycles. The Morgan fingerprint density at radius 2 is 1.83 bits per heavy atom. The SMILES string of the molecule is CCOC(=O)c1scc(-c2ccccc2)c1S(=O)(=O)Nc1ccc2c(c1)OCCO2. The van der Waals surface area contributed by atoms with E-state index in [1.807, 2.05) is 18.2 Å². The molecule has 2 heterocycles. The van der Waals surface area contributed by atoms with Crippen LogP contribution in [0.5, 0.6) is 11.5 Å². The third-order valence-electron chi connectivity index (χ3n) is 4.35. The second kappa shape index (κ2) is 8.37. The van der Waals surface area contributed by atoms with Crippen molar-refractivity contribution in [3.63, 3.8) is 0 Å². The molecule has 0 radical (unpaired) electrons. The molecule has 0 saturated carbocycles. The Kier molecular flexibility index (Phi) is 5.65. The normalized spacial score (nSPS) is 13.0. The van der Waals surface area contributed by atoms with E-state index in [0.717, 1.165) is 11.3 Å². The highest BCUT2D eigenvalue weighted by molar-refractivity contribution is 7.93. The minimum atomic E-state index is -4.11. The molecule has 30 heavy (non-hydrogen) atoms. The second-order valence-electron chi connectivity index (χ2n) is 6.36. The van der Waals surface area contributed by atoms with Gasteiger partial charge in [0.15, 0.2) is 11.5 Å². The zero-order chi connectivity index (χ0) is 21.1. The number of anilines is 1. The van der Waals surface area contributed by atoms with Crippen molar-refractivity contribution in [3.05, 3.63) is 58.8 Å². The average molecular weight is 446 g/mol. The molecule has 4 rings (SSSR count). The van der Waals surface area contributed by atoms with E-state index in [1.54, 1.807) is 42.6 Å². The highest BCUT2D eigenvalue weighted by Crippen LogP contribution is 2.38. The molecule has 0 fully saturated rings. The summed E-state index contributed by atoms with van der Waals surface area (Å²) in [6.45, 7) is 2.65. The number of hydrogen-bond acceptors (Lipinski definition) is 7. The number of carbonyl (C=O) groups is 1. The van der Waals surface area contributed by atoms with E-state index in [1.165, 1.54) is 0 Å². The van der Waals surface area contributed by atoms with Crippen LogP contribution in [0, 0.1) is 0 Å². The van der Waals surface area contributed by atoms with Crippen molar-refractivity contribution in [3.8, 4) is 22.6 Å². The van der Waals surface area contributed by atoms with E-state index in [4.69, 9.17) is 14.2 Å². The standard InChI is InChI=1S/C21H19NO6S2/c1-2-26-21(23)19-20(16(13-29-19)14-6-4-3-5-7-14)30(24,25)22-15-8-9-17-18(12-15)28-11-10-27-17/h3-9,12-13,22H,2,10-11H2,1H3. The molecule has 7 nitrogen and oxygen atoms in total. The Morgan fingerprint density at radius 1 is 1.10 bits per heavy atom. The minimum Gasteiger partial charge on any atom is -0.486 e. The molecule has 0 atom stereocenters. The van der Waals surface area contributed by atoms with Crippen LogP contribution in [0.4, 0.5) is 5.69 Å². The summed E-state index contributed by atoms with van der Waals surface area (Å²) in [5, 5.41) is 1.65. The summed E-state index contributed by atoms with van der Waals surface area (Å²) < 4.78 is 45.4. The van der Waals surface area contributed by atoms with Gasteiger partial charge in [-0.1, -0.05) is 30.3 Å². The van der Waals surface area contributed by atoms with E-state index in [0.29, 0.717) is 41.5 Å². The van der Waals surface area contributed by atoms with Gasteiger partial charge in [-0.3, -0.25) is 4.72 Å². The maximum absolute atomic E-state index is 13.4. The first kappa shape index (κ1) is 20.2. The molecular weight excluding hydrogens is 426 g/mol. The Bertz CT molecular complexity index is 1170. The summed E-state index contributed by atoms with van der Waals surface area (Å²) in [7, 11) is -4.11. The zero-order valence-corrected chi connectivity index (χ0v) is 17.7. The molecular formula is C21H19NO6S2. The van der Waals surface area contributed by atoms with E-state index in [2.05, 4.69) is 4.72 Å². The Hall–Kier alpha value is -3.04. The van der Waals surface area contributed by atoms with E-state index >= 15 is 0 Å². The lowest BCUT2D eigenvalue weighted by atomic mass is 10.1. The summed E-state index contributed by atoms with van der Waals surface area (Å²) in [4.78, 5) is 12.4. The van der Waals surface area contributed by atoms with Crippen LogP contribution in [-0.2, 0) is 14.8 Å². The topological polar surface area (TPSA) is 90.9 Å². The number of ether oxygens (including phenoxy) is 3. The summed E-state index contributed by atoms with van der Waals surface area (Å²) in [6.07, 6.45) is 0. The fourth-order valence-corrected chi connectivity index (χ4v) is 5.82. The lowest BCUT2D eigenvalue weighted by molar-refractivity contribution is 0.0528. The van der Waals surface area contributed by atoms with Gasteiger partial charge < -0.3 is 14.2 Å². The van der Waals surface area contributed by atoms with Crippen LogP contribution < -0.4 is 14.2 Å². The van der Waals surface area contributed by atoms with Crippen molar-refractivity contribution >= 4 is 33.0 Å². The summed E-state index contributed by atoms with van der Waals surface area (Å²) in [6, 6.07) is 13.8. The third kappa shape index (κ3) is 3.99. The summed E-state index contributed by atoms with van der Waals surface area (Å²) >= 11 is 1.04. The molecule has 0 unspecified atom stereocenters. The van der Waals surface area contributed by atoms with Crippen molar-refractivity contribution in [1.82, 2.24) is 0 Å². The Balaban J connectivity index is 1.77. The first-order valence-corrected chi connectivity index (χ1v) is 11.6. The first-order chi connectivity index (χ1) is 14.5. The first-order valence-electron chi connectivity index (χ1n) is 9.26. The largest absolute Gasteiger partial charge is 0.486 e.